The van der Waals surface area contributed by atoms with E-state index < -0.39 is 17.7 Å². The zero-order valence-corrected chi connectivity index (χ0v) is 17.8. The second kappa shape index (κ2) is 9.41. The molecule has 2 rings (SSSR count). The molecule has 2 atom stereocenters. The van der Waals surface area contributed by atoms with Gasteiger partial charge in [-0.25, -0.2) is 4.79 Å². The van der Waals surface area contributed by atoms with Crippen LogP contribution in [0.1, 0.15) is 62.6 Å². The summed E-state index contributed by atoms with van der Waals surface area (Å²) < 4.78 is 5.82. The minimum absolute atomic E-state index is 0.0232. The van der Waals surface area contributed by atoms with E-state index in [2.05, 4.69) is 12.2 Å². The topological polar surface area (TPSA) is 78.9 Å². The summed E-state index contributed by atoms with van der Waals surface area (Å²) in [5, 5.41) is 13.2. The number of unbranched alkanes of at least 4 members (excludes halogenated alkanes) is 3. The Morgan fingerprint density at radius 3 is 2.50 bits per heavy atom. The Balaban J connectivity index is 1.93. The van der Waals surface area contributed by atoms with E-state index in [0.29, 0.717) is 6.42 Å². The molecule has 2 N–H and O–H groups in total. The number of β-amino-alcohol motifs (C(OH)–C–C–N with tert-alkyl or cyclic N) is 1. The van der Waals surface area contributed by atoms with Crippen LogP contribution in [0.4, 0.5) is 4.79 Å². The van der Waals surface area contributed by atoms with Gasteiger partial charge >= 0.3 is 6.03 Å². The molecule has 0 radical (unpaired) electrons. The fraction of sp³-hybridized carbons (Fsp3) is 0.636. The van der Waals surface area contributed by atoms with Gasteiger partial charge in [0.1, 0.15) is 24.0 Å². The van der Waals surface area contributed by atoms with E-state index in [-0.39, 0.29) is 19.1 Å². The average molecular weight is 391 g/mol. The smallest absolute Gasteiger partial charge is 0.325 e. The molecule has 1 aromatic rings. The highest BCUT2D eigenvalue weighted by atomic mass is 16.5. The van der Waals surface area contributed by atoms with Crippen LogP contribution >= 0.6 is 0 Å². The Labute approximate surface area is 168 Å². The summed E-state index contributed by atoms with van der Waals surface area (Å²) in [6.07, 6.45) is 3.84. The Morgan fingerprint density at radius 2 is 1.82 bits per heavy atom. The van der Waals surface area contributed by atoms with Crippen LogP contribution in [0.15, 0.2) is 12.1 Å². The normalized spacial score (nSPS) is 20.4. The first-order valence-corrected chi connectivity index (χ1v) is 10.2. The van der Waals surface area contributed by atoms with Gasteiger partial charge in [-0.3, -0.25) is 9.69 Å². The highest BCUT2D eigenvalue weighted by Crippen LogP contribution is 2.27. The van der Waals surface area contributed by atoms with Gasteiger partial charge in [0.15, 0.2) is 0 Å². The van der Waals surface area contributed by atoms with Crippen LogP contribution < -0.4 is 10.1 Å². The van der Waals surface area contributed by atoms with Gasteiger partial charge < -0.3 is 15.2 Å². The molecule has 0 aliphatic carbocycles. The van der Waals surface area contributed by atoms with Gasteiger partial charge in [-0.05, 0) is 50.8 Å². The van der Waals surface area contributed by atoms with E-state index in [1.165, 1.54) is 0 Å². The zero-order valence-electron chi connectivity index (χ0n) is 17.8. The van der Waals surface area contributed by atoms with Crippen molar-refractivity contribution in [1.82, 2.24) is 10.2 Å². The maximum atomic E-state index is 12.8. The molecule has 6 heteroatoms. The number of ether oxygens (including phenoxy) is 1. The zero-order chi connectivity index (χ0) is 20.9. The minimum Gasteiger partial charge on any atom is -0.490 e. The van der Waals surface area contributed by atoms with E-state index in [1.807, 2.05) is 32.9 Å². The lowest BCUT2D eigenvalue weighted by molar-refractivity contribution is -0.132. The van der Waals surface area contributed by atoms with E-state index in [0.717, 1.165) is 53.0 Å². The predicted octanol–water partition coefficient (Wildman–Crippen LogP) is 3.63. The van der Waals surface area contributed by atoms with E-state index >= 15 is 0 Å². The van der Waals surface area contributed by atoms with Gasteiger partial charge in [-0.1, -0.05) is 44.7 Å². The molecule has 1 fully saturated rings. The van der Waals surface area contributed by atoms with Crippen molar-refractivity contribution in [3.05, 3.63) is 28.8 Å². The Bertz CT molecular complexity index is 719. The number of rotatable bonds is 10. The van der Waals surface area contributed by atoms with Gasteiger partial charge in [-0.2, -0.15) is 0 Å². The van der Waals surface area contributed by atoms with Gasteiger partial charge in [0.25, 0.3) is 5.91 Å². The Morgan fingerprint density at radius 1 is 1.14 bits per heavy atom. The van der Waals surface area contributed by atoms with Crippen molar-refractivity contribution in [2.24, 2.45) is 0 Å². The molecular weight excluding hydrogens is 356 g/mol. The van der Waals surface area contributed by atoms with Crippen molar-refractivity contribution >= 4 is 11.9 Å². The molecule has 1 aliphatic rings. The van der Waals surface area contributed by atoms with Gasteiger partial charge in [0.05, 0.1) is 6.54 Å². The van der Waals surface area contributed by atoms with Crippen LogP contribution in [0.2, 0.25) is 0 Å². The van der Waals surface area contributed by atoms with E-state index in [9.17, 15) is 14.7 Å². The number of hydrogen-bond donors (Lipinski definition) is 2. The molecule has 0 aromatic heterocycles. The quantitative estimate of drug-likeness (QED) is 0.472. The summed E-state index contributed by atoms with van der Waals surface area (Å²) in [4.78, 5) is 26.2. The summed E-state index contributed by atoms with van der Waals surface area (Å²) in [6, 6.07) is 3.57. The average Bonchev–Trinajstić information content (AvgIpc) is 2.85. The molecule has 156 valence electrons. The fourth-order valence-corrected chi connectivity index (χ4v) is 3.58. The SMILES string of the molecule is CCCCCCC1(C)NC(=O)N(CC(O)COc2c(C)ccc(C)c2C)C1=O. The molecule has 1 heterocycles. The number of benzene rings is 1. The van der Waals surface area contributed by atoms with Gasteiger partial charge in [0, 0.05) is 0 Å². The first kappa shape index (κ1) is 22.2. The van der Waals surface area contributed by atoms with Crippen molar-refractivity contribution in [3.8, 4) is 5.75 Å². The molecule has 1 aromatic carbocycles. The monoisotopic (exact) mass is 390 g/mol. The number of aliphatic hydroxyl groups is 1. The van der Waals surface area contributed by atoms with Crippen molar-refractivity contribution in [2.45, 2.75) is 78.4 Å². The van der Waals surface area contributed by atoms with Crippen molar-refractivity contribution in [2.75, 3.05) is 13.2 Å². The summed E-state index contributed by atoms with van der Waals surface area (Å²) >= 11 is 0. The number of nitrogens with zero attached hydrogens (tertiary/aromatic N) is 1. The third-order valence-electron chi connectivity index (χ3n) is 5.56. The molecule has 0 saturated carbocycles. The van der Waals surface area contributed by atoms with Crippen molar-refractivity contribution in [3.63, 3.8) is 0 Å². The molecule has 2 unspecified atom stereocenters. The third-order valence-corrected chi connectivity index (χ3v) is 5.56. The number of aliphatic hydroxyl groups excluding tert-OH is 1. The van der Waals surface area contributed by atoms with Crippen LogP contribution in [0.5, 0.6) is 5.75 Å². The summed E-state index contributed by atoms with van der Waals surface area (Å²) in [7, 11) is 0. The molecule has 3 amide bonds. The first-order chi connectivity index (χ1) is 13.2. The number of amides is 3. The van der Waals surface area contributed by atoms with Crippen LogP contribution in [0.3, 0.4) is 0 Å². The molecular formula is C22H34N2O4. The second-order valence-electron chi connectivity index (χ2n) is 8.11. The summed E-state index contributed by atoms with van der Waals surface area (Å²) in [6.45, 7) is 9.79. The molecule has 6 nitrogen and oxygen atoms in total. The number of imide groups is 1. The molecule has 1 aliphatic heterocycles. The number of hydrogen-bond acceptors (Lipinski definition) is 4. The number of carbonyl (C=O) groups excluding carboxylic acids is 2. The number of carbonyl (C=O) groups is 2. The lowest BCUT2D eigenvalue weighted by Gasteiger charge is -2.23. The first-order valence-electron chi connectivity index (χ1n) is 10.2. The van der Waals surface area contributed by atoms with Crippen LogP contribution in [0, 0.1) is 20.8 Å². The Kier molecular flexibility index (Phi) is 7.47. The number of aryl methyl sites for hydroxylation is 2. The minimum atomic E-state index is -0.948. The van der Waals surface area contributed by atoms with Gasteiger partial charge in [0.2, 0.25) is 0 Å². The van der Waals surface area contributed by atoms with Crippen LogP contribution in [-0.2, 0) is 4.79 Å². The Hall–Kier alpha value is -2.08. The third kappa shape index (κ3) is 5.04. The summed E-state index contributed by atoms with van der Waals surface area (Å²) in [5.74, 6) is 0.480. The molecule has 1 saturated heterocycles. The van der Waals surface area contributed by atoms with E-state index in [4.69, 9.17) is 4.74 Å². The lowest BCUT2D eigenvalue weighted by Crippen LogP contribution is -2.45. The number of nitrogens with one attached hydrogen (secondary N) is 1. The lowest BCUT2D eigenvalue weighted by atomic mass is 9.94. The predicted molar refractivity (Wildman–Crippen MR) is 110 cm³/mol. The second-order valence-corrected chi connectivity index (χ2v) is 8.11. The van der Waals surface area contributed by atoms with Crippen LogP contribution in [0.25, 0.3) is 0 Å². The fourth-order valence-electron chi connectivity index (χ4n) is 3.58. The summed E-state index contributed by atoms with van der Waals surface area (Å²) in [5.41, 5.74) is 2.25. The van der Waals surface area contributed by atoms with Crippen molar-refractivity contribution in [1.29, 1.82) is 0 Å². The van der Waals surface area contributed by atoms with E-state index in [1.54, 1.807) is 6.92 Å². The number of urea groups is 1. The highest BCUT2D eigenvalue weighted by Gasteiger charge is 2.47. The van der Waals surface area contributed by atoms with Crippen molar-refractivity contribution < 1.29 is 19.4 Å². The van der Waals surface area contributed by atoms with Crippen LogP contribution in [-0.4, -0.2) is 46.7 Å². The maximum Gasteiger partial charge on any atom is 0.325 e. The van der Waals surface area contributed by atoms with Gasteiger partial charge in [-0.15, -0.1) is 0 Å². The standard InChI is InChI=1S/C22H34N2O4/c1-6-7-8-9-12-22(5)20(26)24(21(27)23-22)13-18(25)14-28-19-16(3)11-10-15(2)17(19)4/h10-11,18,25H,6-9,12-14H2,1-5H3,(H,23,27). The molecule has 0 bridgehead atoms. The maximum absolute atomic E-state index is 12.8. The highest BCUT2D eigenvalue weighted by molar-refractivity contribution is 6.06. The largest absolute Gasteiger partial charge is 0.490 e. The molecule has 0 spiro atoms. The molecule has 28 heavy (non-hydrogen) atoms.